The van der Waals surface area contributed by atoms with Gasteiger partial charge in [-0.25, -0.2) is 4.79 Å². The average Bonchev–Trinajstić information content (AvgIpc) is 2.10. The lowest BCUT2D eigenvalue weighted by atomic mass is 10.2. The molecule has 1 aliphatic rings. The van der Waals surface area contributed by atoms with Crippen molar-refractivity contribution in [3.63, 3.8) is 0 Å². The van der Waals surface area contributed by atoms with E-state index in [1.54, 1.807) is 6.92 Å². The second-order valence-electron chi connectivity index (χ2n) is 2.67. The van der Waals surface area contributed by atoms with Crippen LogP contribution in [-0.4, -0.2) is 39.9 Å². The van der Waals surface area contributed by atoms with E-state index in [2.05, 4.69) is 0 Å². The van der Waals surface area contributed by atoms with Gasteiger partial charge in [0.25, 0.3) is 0 Å². The lowest BCUT2D eigenvalue weighted by molar-refractivity contribution is 0.133. The Morgan fingerprint density at radius 1 is 1.70 bits per heavy atom. The second kappa shape index (κ2) is 2.46. The number of aliphatic hydroxyl groups is 1. The Balaban J connectivity index is 2.54. The van der Waals surface area contributed by atoms with Crippen molar-refractivity contribution in [3.8, 4) is 0 Å². The summed E-state index contributed by atoms with van der Waals surface area (Å²) >= 11 is 0. The Morgan fingerprint density at radius 3 is 2.50 bits per heavy atom. The molecule has 1 aliphatic heterocycles. The van der Waals surface area contributed by atoms with Crippen molar-refractivity contribution in [2.45, 2.75) is 25.5 Å². The van der Waals surface area contributed by atoms with E-state index >= 15 is 0 Å². The number of carboxylic acid groups (broad SMARTS) is 1. The van der Waals surface area contributed by atoms with Gasteiger partial charge < -0.3 is 15.1 Å². The van der Waals surface area contributed by atoms with Crippen molar-refractivity contribution in [2.75, 3.05) is 6.54 Å². The molecule has 1 heterocycles. The highest BCUT2D eigenvalue weighted by Gasteiger charge is 2.30. The Labute approximate surface area is 59.1 Å². The Bertz CT molecular complexity index is 148. The minimum atomic E-state index is -0.941. The van der Waals surface area contributed by atoms with Gasteiger partial charge in [0.15, 0.2) is 0 Å². The van der Waals surface area contributed by atoms with Crippen LogP contribution in [0.5, 0.6) is 0 Å². The van der Waals surface area contributed by atoms with Gasteiger partial charge in [0.05, 0.1) is 12.6 Å². The summed E-state index contributed by atoms with van der Waals surface area (Å²) in [6.07, 6.45) is -0.845. The summed E-state index contributed by atoms with van der Waals surface area (Å²) in [5.41, 5.74) is 0. The normalized spacial score (nSPS) is 32.8. The van der Waals surface area contributed by atoms with Gasteiger partial charge in [-0.3, -0.25) is 0 Å². The molecule has 1 fully saturated rings. The van der Waals surface area contributed by atoms with Gasteiger partial charge in [0.2, 0.25) is 0 Å². The van der Waals surface area contributed by atoms with Gasteiger partial charge in [-0.05, 0) is 13.3 Å². The van der Waals surface area contributed by atoms with Crippen LogP contribution in [0.2, 0.25) is 0 Å². The molecule has 0 aromatic rings. The quantitative estimate of drug-likeness (QED) is 0.509. The summed E-state index contributed by atoms with van der Waals surface area (Å²) in [4.78, 5) is 11.6. The number of β-amino-alcohol motifs (C(OH)–C–C–N with tert-alkyl or cyclic N) is 1. The average molecular weight is 145 g/mol. The molecule has 0 aromatic carbocycles. The molecule has 1 saturated heterocycles. The van der Waals surface area contributed by atoms with Crippen molar-refractivity contribution in [2.24, 2.45) is 0 Å². The first-order valence-corrected chi connectivity index (χ1v) is 3.29. The third-order valence-electron chi connectivity index (χ3n) is 1.80. The van der Waals surface area contributed by atoms with E-state index in [0.29, 0.717) is 6.42 Å². The van der Waals surface area contributed by atoms with E-state index in [-0.39, 0.29) is 12.6 Å². The van der Waals surface area contributed by atoms with Crippen LogP contribution in [0.25, 0.3) is 0 Å². The number of nitrogens with zero attached hydrogens (tertiary/aromatic N) is 1. The summed E-state index contributed by atoms with van der Waals surface area (Å²) < 4.78 is 0. The van der Waals surface area contributed by atoms with Crippen LogP contribution in [-0.2, 0) is 0 Å². The fourth-order valence-electron chi connectivity index (χ4n) is 1.27. The monoisotopic (exact) mass is 145 g/mol. The van der Waals surface area contributed by atoms with Crippen LogP contribution in [0.15, 0.2) is 0 Å². The highest BCUT2D eigenvalue weighted by atomic mass is 16.4. The number of amides is 1. The minimum Gasteiger partial charge on any atom is -0.465 e. The number of hydrogen-bond donors (Lipinski definition) is 2. The molecule has 58 valence electrons. The van der Waals surface area contributed by atoms with Crippen molar-refractivity contribution in [3.05, 3.63) is 0 Å². The molecule has 4 heteroatoms. The molecule has 2 unspecified atom stereocenters. The zero-order valence-electron chi connectivity index (χ0n) is 5.82. The lowest BCUT2D eigenvalue weighted by Gasteiger charge is -2.15. The number of rotatable bonds is 0. The molecule has 4 nitrogen and oxygen atoms in total. The zero-order valence-corrected chi connectivity index (χ0v) is 5.82. The predicted octanol–water partition coefficient (Wildman–Crippen LogP) is 0.120. The maximum Gasteiger partial charge on any atom is 0.407 e. The van der Waals surface area contributed by atoms with Gasteiger partial charge in [-0.15, -0.1) is 0 Å². The van der Waals surface area contributed by atoms with Crippen molar-refractivity contribution in [1.82, 2.24) is 4.90 Å². The highest BCUT2D eigenvalue weighted by Crippen LogP contribution is 2.16. The molecule has 0 saturated carbocycles. The number of likely N-dealkylation sites (tertiary alicyclic amines) is 1. The number of aliphatic hydroxyl groups excluding tert-OH is 1. The molecule has 0 aliphatic carbocycles. The summed E-state index contributed by atoms with van der Waals surface area (Å²) in [6, 6.07) is -0.0347. The van der Waals surface area contributed by atoms with E-state index in [4.69, 9.17) is 10.2 Å². The molecular weight excluding hydrogens is 134 g/mol. The Morgan fingerprint density at radius 2 is 2.30 bits per heavy atom. The minimum absolute atomic E-state index is 0.0347. The summed E-state index contributed by atoms with van der Waals surface area (Å²) in [6.45, 7) is 2.06. The highest BCUT2D eigenvalue weighted by molar-refractivity contribution is 5.65. The van der Waals surface area contributed by atoms with Crippen molar-refractivity contribution < 1.29 is 15.0 Å². The Kier molecular flexibility index (Phi) is 1.80. The van der Waals surface area contributed by atoms with E-state index in [0.717, 1.165) is 0 Å². The first kappa shape index (κ1) is 7.34. The number of hydrogen-bond acceptors (Lipinski definition) is 2. The molecule has 10 heavy (non-hydrogen) atoms. The van der Waals surface area contributed by atoms with Crippen LogP contribution < -0.4 is 0 Å². The van der Waals surface area contributed by atoms with Gasteiger partial charge in [-0.1, -0.05) is 0 Å². The lowest BCUT2D eigenvalue weighted by Crippen LogP contribution is -2.32. The zero-order chi connectivity index (χ0) is 7.72. The summed E-state index contributed by atoms with van der Waals surface area (Å²) in [5.74, 6) is 0. The van der Waals surface area contributed by atoms with Crippen LogP contribution >= 0.6 is 0 Å². The maximum absolute atomic E-state index is 10.4. The molecule has 0 spiro atoms. The third-order valence-corrected chi connectivity index (χ3v) is 1.80. The van der Waals surface area contributed by atoms with Crippen molar-refractivity contribution in [1.29, 1.82) is 0 Å². The fourth-order valence-corrected chi connectivity index (χ4v) is 1.27. The maximum atomic E-state index is 10.4. The number of carbonyl (C=O) groups is 1. The van der Waals surface area contributed by atoms with Gasteiger partial charge in [-0.2, -0.15) is 0 Å². The largest absolute Gasteiger partial charge is 0.465 e. The first-order chi connectivity index (χ1) is 4.61. The molecule has 0 radical (unpaired) electrons. The molecular formula is C6H11NO3. The molecule has 2 atom stereocenters. The van der Waals surface area contributed by atoms with E-state index in [9.17, 15) is 4.79 Å². The van der Waals surface area contributed by atoms with Crippen LogP contribution in [0, 0.1) is 0 Å². The van der Waals surface area contributed by atoms with E-state index in [1.165, 1.54) is 4.90 Å². The van der Waals surface area contributed by atoms with Gasteiger partial charge in [0, 0.05) is 6.04 Å². The topological polar surface area (TPSA) is 60.8 Å². The summed E-state index contributed by atoms with van der Waals surface area (Å²) in [5, 5.41) is 17.5. The smallest absolute Gasteiger partial charge is 0.407 e. The van der Waals surface area contributed by atoms with Gasteiger partial charge >= 0.3 is 6.09 Å². The van der Waals surface area contributed by atoms with E-state index in [1.807, 2.05) is 0 Å². The first-order valence-electron chi connectivity index (χ1n) is 3.29. The summed E-state index contributed by atoms with van der Waals surface area (Å²) in [7, 11) is 0. The van der Waals surface area contributed by atoms with E-state index < -0.39 is 12.2 Å². The van der Waals surface area contributed by atoms with Crippen LogP contribution in [0.3, 0.4) is 0 Å². The molecule has 1 rings (SSSR count). The Hall–Kier alpha value is -0.770. The molecule has 2 N–H and O–H groups in total. The predicted molar refractivity (Wildman–Crippen MR) is 34.8 cm³/mol. The van der Waals surface area contributed by atoms with Crippen LogP contribution in [0.1, 0.15) is 13.3 Å². The van der Waals surface area contributed by atoms with Gasteiger partial charge in [0.1, 0.15) is 0 Å². The standard InChI is InChI=1S/C6H11NO3/c1-4-2-5(8)3-7(4)6(9)10/h4-5,8H,2-3H2,1H3,(H,9,10). The van der Waals surface area contributed by atoms with Crippen molar-refractivity contribution >= 4 is 6.09 Å². The SMILES string of the molecule is CC1CC(O)CN1C(=O)O. The fraction of sp³-hybridized carbons (Fsp3) is 0.833. The second-order valence-corrected chi connectivity index (χ2v) is 2.67. The third kappa shape index (κ3) is 1.21. The molecule has 0 aromatic heterocycles. The molecule has 0 bridgehead atoms. The van der Waals surface area contributed by atoms with Crippen LogP contribution in [0.4, 0.5) is 4.79 Å². The molecule has 1 amide bonds.